The van der Waals surface area contributed by atoms with Gasteiger partial charge in [0, 0.05) is 31.3 Å². The number of hydrogen-bond acceptors (Lipinski definition) is 3. The first-order valence-electron chi connectivity index (χ1n) is 6.19. The van der Waals surface area contributed by atoms with Crippen molar-refractivity contribution in [1.82, 2.24) is 9.55 Å². The van der Waals surface area contributed by atoms with E-state index in [4.69, 9.17) is 5.73 Å². The van der Waals surface area contributed by atoms with Crippen molar-refractivity contribution in [2.75, 3.05) is 11.9 Å². The molecular formula is C13H14F2N4. The molecule has 0 amide bonds. The fourth-order valence-electron chi connectivity index (χ4n) is 2.40. The molecule has 2 heterocycles. The summed E-state index contributed by atoms with van der Waals surface area (Å²) in [5.41, 5.74) is 7.30. The van der Waals surface area contributed by atoms with E-state index in [2.05, 4.69) is 10.3 Å². The second kappa shape index (κ2) is 4.62. The highest BCUT2D eigenvalue weighted by atomic mass is 19.1. The highest BCUT2D eigenvalue weighted by Crippen LogP contribution is 2.30. The molecule has 0 radical (unpaired) electrons. The van der Waals surface area contributed by atoms with Crippen LogP contribution in [0.4, 0.5) is 14.7 Å². The zero-order chi connectivity index (χ0) is 13.4. The van der Waals surface area contributed by atoms with E-state index in [1.54, 1.807) is 0 Å². The lowest BCUT2D eigenvalue weighted by atomic mass is 10.1. The monoisotopic (exact) mass is 264 g/mol. The Morgan fingerprint density at radius 3 is 2.95 bits per heavy atom. The van der Waals surface area contributed by atoms with Gasteiger partial charge in [-0.1, -0.05) is 0 Å². The number of nitrogens with one attached hydrogen (secondary N) is 1. The van der Waals surface area contributed by atoms with Crippen molar-refractivity contribution in [3.8, 4) is 11.3 Å². The van der Waals surface area contributed by atoms with Gasteiger partial charge in [0.25, 0.3) is 0 Å². The highest BCUT2D eigenvalue weighted by molar-refractivity contribution is 5.65. The largest absolute Gasteiger partial charge is 0.356 e. The fraction of sp³-hybridized carbons (Fsp3) is 0.308. The summed E-state index contributed by atoms with van der Waals surface area (Å²) in [6, 6.07) is 3.49. The SMILES string of the molecule is NCc1c(-c2ccc(F)cc2F)nc2n1CCCN2. The van der Waals surface area contributed by atoms with E-state index in [0.717, 1.165) is 31.3 Å². The molecule has 1 aliphatic heterocycles. The molecule has 100 valence electrons. The molecule has 0 aliphatic carbocycles. The second-order valence-corrected chi connectivity index (χ2v) is 4.49. The smallest absolute Gasteiger partial charge is 0.203 e. The maximum absolute atomic E-state index is 13.9. The van der Waals surface area contributed by atoms with Gasteiger partial charge in [-0.3, -0.25) is 0 Å². The number of anilines is 1. The number of imidazole rings is 1. The summed E-state index contributed by atoms with van der Waals surface area (Å²) in [4.78, 5) is 4.39. The van der Waals surface area contributed by atoms with Gasteiger partial charge in [-0.05, 0) is 18.6 Å². The lowest BCUT2D eigenvalue weighted by Crippen LogP contribution is -2.19. The van der Waals surface area contributed by atoms with E-state index < -0.39 is 11.6 Å². The van der Waals surface area contributed by atoms with Crippen molar-refractivity contribution >= 4 is 5.95 Å². The molecule has 19 heavy (non-hydrogen) atoms. The number of halogens is 2. The van der Waals surface area contributed by atoms with Gasteiger partial charge < -0.3 is 15.6 Å². The number of nitrogens with zero attached hydrogens (tertiary/aromatic N) is 2. The highest BCUT2D eigenvalue weighted by Gasteiger charge is 2.21. The lowest BCUT2D eigenvalue weighted by Gasteiger charge is -2.17. The molecule has 4 nitrogen and oxygen atoms in total. The van der Waals surface area contributed by atoms with Gasteiger partial charge in [-0.15, -0.1) is 0 Å². The van der Waals surface area contributed by atoms with Crippen LogP contribution in [0.15, 0.2) is 18.2 Å². The Kier molecular flexibility index (Phi) is 2.94. The molecule has 3 rings (SSSR count). The summed E-state index contributed by atoms with van der Waals surface area (Å²) in [6.45, 7) is 1.91. The normalized spacial score (nSPS) is 14.1. The Labute approximate surface area is 109 Å². The molecule has 0 saturated carbocycles. The van der Waals surface area contributed by atoms with E-state index >= 15 is 0 Å². The third-order valence-electron chi connectivity index (χ3n) is 3.29. The van der Waals surface area contributed by atoms with E-state index in [-0.39, 0.29) is 12.1 Å². The molecule has 0 fully saturated rings. The first kappa shape index (κ1) is 12.1. The molecular weight excluding hydrogens is 250 g/mol. The molecule has 0 atom stereocenters. The van der Waals surface area contributed by atoms with Crippen LogP contribution in [0.5, 0.6) is 0 Å². The summed E-state index contributed by atoms with van der Waals surface area (Å²) < 4.78 is 28.8. The molecule has 1 aromatic carbocycles. The molecule has 3 N–H and O–H groups in total. The summed E-state index contributed by atoms with van der Waals surface area (Å²) >= 11 is 0. The van der Waals surface area contributed by atoms with E-state index in [0.29, 0.717) is 11.6 Å². The van der Waals surface area contributed by atoms with Crippen LogP contribution < -0.4 is 11.1 Å². The number of fused-ring (bicyclic) bond motifs is 1. The summed E-state index contributed by atoms with van der Waals surface area (Å²) in [5, 5.41) is 3.16. The maximum Gasteiger partial charge on any atom is 0.203 e. The number of nitrogens with two attached hydrogens (primary N) is 1. The predicted octanol–water partition coefficient (Wildman–Crippen LogP) is 2.10. The zero-order valence-electron chi connectivity index (χ0n) is 10.3. The number of benzene rings is 1. The lowest BCUT2D eigenvalue weighted by molar-refractivity contribution is 0.584. The minimum atomic E-state index is -0.620. The summed E-state index contributed by atoms with van der Waals surface area (Å²) in [7, 11) is 0. The molecule has 0 unspecified atom stereocenters. The van der Waals surface area contributed by atoms with Crippen LogP contribution in [0, 0.1) is 11.6 Å². The minimum absolute atomic E-state index is 0.265. The van der Waals surface area contributed by atoms with E-state index in [1.165, 1.54) is 12.1 Å². The fourth-order valence-corrected chi connectivity index (χ4v) is 2.40. The third-order valence-corrected chi connectivity index (χ3v) is 3.29. The van der Waals surface area contributed by atoms with Crippen LogP contribution in [-0.2, 0) is 13.1 Å². The summed E-state index contributed by atoms with van der Waals surface area (Å²) in [6.07, 6.45) is 0.974. The maximum atomic E-state index is 13.9. The number of aromatic nitrogens is 2. The average molecular weight is 264 g/mol. The van der Waals surface area contributed by atoms with Crippen LogP contribution in [0.2, 0.25) is 0 Å². The molecule has 0 spiro atoms. The van der Waals surface area contributed by atoms with Gasteiger partial charge in [0.2, 0.25) is 5.95 Å². The molecule has 1 aliphatic rings. The van der Waals surface area contributed by atoms with Crippen molar-refractivity contribution in [3.05, 3.63) is 35.5 Å². The third kappa shape index (κ3) is 1.98. The van der Waals surface area contributed by atoms with Crippen molar-refractivity contribution < 1.29 is 8.78 Å². The van der Waals surface area contributed by atoms with Crippen molar-refractivity contribution in [2.45, 2.75) is 19.5 Å². The minimum Gasteiger partial charge on any atom is -0.356 e. The Hall–Kier alpha value is -1.95. The Morgan fingerprint density at radius 1 is 1.37 bits per heavy atom. The number of hydrogen-bond donors (Lipinski definition) is 2. The van der Waals surface area contributed by atoms with Crippen LogP contribution in [0.1, 0.15) is 12.1 Å². The van der Waals surface area contributed by atoms with Crippen LogP contribution in [0.25, 0.3) is 11.3 Å². The van der Waals surface area contributed by atoms with Gasteiger partial charge in [-0.2, -0.15) is 0 Å². The Balaban J connectivity index is 2.16. The quantitative estimate of drug-likeness (QED) is 0.873. The first-order valence-corrected chi connectivity index (χ1v) is 6.19. The summed E-state index contributed by atoms with van der Waals surface area (Å²) in [5.74, 6) is -0.520. The molecule has 0 bridgehead atoms. The first-order chi connectivity index (χ1) is 9.20. The van der Waals surface area contributed by atoms with Gasteiger partial charge in [0.15, 0.2) is 0 Å². The van der Waals surface area contributed by atoms with Crippen molar-refractivity contribution in [2.24, 2.45) is 5.73 Å². The average Bonchev–Trinajstić information content (AvgIpc) is 2.76. The van der Waals surface area contributed by atoms with Crippen molar-refractivity contribution in [1.29, 1.82) is 0 Å². The van der Waals surface area contributed by atoms with Crippen molar-refractivity contribution in [3.63, 3.8) is 0 Å². The molecule has 2 aromatic rings. The Bertz CT molecular complexity index is 621. The standard InChI is InChI=1S/C13H14F2N4/c14-8-2-3-9(10(15)6-8)12-11(7-16)19-5-1-4-17-13(19)18-12/h2-3,6H,1,4-5,7,16H2,(H,17,18). The van der Waals surface area contributed by atoms with Crippen LogP contribution >= 0.6 is 0 Å². The van der Waals surface area contributed by atoms with Gasteiger partial charge >= 0.3 is 0 Å². The van der Waals surface area contributed by atoms with E-state index in [9.17, 15) is 8.78 Å². The van der Waals surface area contributed by atoms with Gasteiger partial charge in [0.1, 0.15) is 11.6 Å². The van der Waals surface area contributed by atoms with Crippen LogP contribution in [0.3, 0.4) is 0 Å². The molecule has 6 heteroatoms. The Morgan fingerprint density at radius 2 is 2.21 bits per heavy atom. The van der Waals surface area contributed by atoms with Gasteiger partial charge in [0.05, 0.1) is 11.4 Å². The van der Waals surface area contributed by atoms with Crippen LogP contribution in [-0.4, -0.2) is 16.1 Å². The predicted molar refractivity (Wildman–Crippen MR) is 68.6 cm³/mol. The van der Waals surface area contributed by atoms with E-state index in [1.807, 2.05) is 4.57 Å². The number of rotatable bonds is 2. The van der Waals surface area contributed by atoms with Gasteiger partial charge in [-0.25, -0.2) is 13.8 Å². The topological polar surface area (TPSA) is 55.9 Å². The molecule has 1 aromatic heterocycles. The zero-order valence-corrected chi connectivity index (χ0v) is 10.3. The second-order valence-electron chi connectivity index (χ2n) is 4.49. The molecule has 0 saturated heterocycles.